The number of carboxylic acids is 1. The molecular formula is C15H13NO7. The fourth-order valence-corrected chi connectivity index (χ4v) is 1.96. The minimum Gasteiger partial charge on any atom is -0.504 e. The van der Waals surface area contributed by atoms with Crippen molar-refractivity contribution < 1.29 is 34.1 Å². The molecule has 2 rings (SSSR count). The number of imide groups is 1. The molecule has 0 aliphatic carbocycles. The molecular weight excluding hydrogens is 306 g/mol. The second-order valence-electron chi connectivity index (χ2n) is 4.76. The van der Waals surface area contributed by atoms with E-state index in [1.165, 1.54) is 18.2 Å². The van der Waals surface area contributed by atoms with Crippen LogP contribution in [-0.4, -0.2) is 45.4 Å². The number of phenols is 1. The van der Waals surface area contributed by atoms with Crippen LogP contribution in [0.25, 0.3) is 0 Å². The van der Waals surface area contributed by atoms with Crippen molar-refractivity contribution >= 4 is 23.8 Å². The first kappa shape index (κ1) is 16.2. The fraction of sp³-hybridized carbons (Fsp3) is 0.200. The van der Waals surface area contributed by atoms with Crippen molar-refractivity contribution in [1.82, 2.24) is 4.90 Å². The Labute approximate surface area is 130 Å². The summed E-state index contributed by atoms with van der Waals surface area (Å²) in [6.07, 6.45) is 1.73. The molecule has 8 heteroatoms. The van der Waals surface area contributed by atoms with Crippen LogP contribution in [0.15, 0.2) is 30.4 Å². The lowest BCUT2D eigenvalue weighted by atomic mass is 10.1. The van der Waals surface area contributed by atoms with E-state index in [1.54, 1.807) is 0 Å². The molecule has 1 aliphatic rings. The molecule has 0 saturated heterocycles. The number of carboxylic acid groups (broad SMARTS) is 1. The van der Waals surface area contributed by atoms with Gasteiger partial charge in [-0.1, -0.05) is 6.07 Å². The van der Waals surface area contributed by atoms with Crippen LogP contribution in [0.5, 0.6) is 11.5 Å². The number of rotatable bonds is 6. The van der Waals surface area contributed by atoms with E-state index in [0.717, 1.165) is 17.1 Å². The second-order valence-corrected chi connectivity index (χ2v) is 4.76. The quantitative estimate of drug-likeness (QED) is 0.437. The number of aromatic hydroxyl groups is 1. The third kappa shape index (κ3) is 4.16. The number of esters is 1. The van der Waals surface area contributed by atoms with Gasteiger partial charge in [-0.15, -0.1) is 0 Å². The van der Waals surface area contributed by atoms with Crippen molar-refractivity contribution in [2.24, 2.45) is 0 Å². The second kappa shape index (κ2) is 6.73. The number of aliphatic carboxylic acids is 1. The first-order chi connectivity index (χ1) is 10.9. The first-order valence-electron chi connectivity index (χ1n) is 6.64. The van der Waals surface area contributed by atoms with Gasteiger partial charge in [0.1, 0.15) is 0 Å². The minimum absolute atomic E-state index is 0.124. The van der Waals surface area contributed by atoms with E-state index < -0.39 is 23.8 Å². The molecule has 1 aromatic carbocycles. The van der Waals surface area contributed by atoms with Crippen molar-refractivity contribution in [2.45, 2.75) is 12.8 Å². The lowest BCUT2D eigenvalue weighted by Gasteiger charge is -2.13. The molecule has 0 unspecified atom stereocenters. The number of ether oxygens (including phenoxy) is 1. The maximum absolute atomic E-state index is 11.7. The molecule has 0 bridgehead atoms. The molecule has 1 aliphatic heterocycles. The monoisotopic (exact) mass is 319 g/mol. The van der Waals surface area contributed by atoms with Crippen molar-refractivity contribution in [2.75, 3.05) is 6.54 Å². The van der Waals surface area contributed by atoms with Crippen LogP contribution in [0.2, 0.25) is 0 Å². The Hall–Kier alpha value is -3.16. The van der Waals surface area contributed by atoms with E-state index in [0.29, 0.717) is 5.56 Å². The predicted octanol–water partition coefficient (Wildman–Crippen LogP) is 0.240. The lowest BCUT2D eigenvalue weighted by molar-refractivity contribution is -0.139. The highest BCUT2D eigenvalue weighted by Crippen LogP contribution is 2.27. The van der Waals surface area contributed by atoms with Crippen molar-refractivity contribution in [1.29, 1.82) is 0 Å². The van der Waals surface area contributed by atoms with Gasteiger partial charge in [0.25, 0.3) is 11.8 Å². The molecule has 0 fully saturated rings. The Kier molecular flexibility index (Phi) is 4.75. The highest BCUT2D eigenvalue weighted by Gasteiger charge is 2.24. The third-order valence-corrected chi connectivity index (χ3v) is 3.04. The fourth-order valence-electron chi connectivity index (χ4n) is 1.96. The van der Waals surface area contributed by atoms with Crippen LogP contribution >= 0.6 is 0 Å². The number of benzene rings is 1. The highest BCUT2D eigenvalue weighted by atomic mass is 16.5. The Morgan fingerprint density at radius 3 is 2.35 bits per heavy atom. The lowest BCUT2D eigenvalue weighted by Crippen LogP contribution is -2.32. The predicted molar refractivity (Wildman–Crippen MR) is 75.6 cm³/mol. The van der Waals surface area contributed by atoms with Crippen LogP contribution in [0.1, 0.15) is 12.0 Å². The largest absolute Gasteiger partial charge is 0.504 e. The standard InChI is InChI=1S/C15H13NO7/c17-10-7-9(8-14(20)21)1-2-11(10)23-15(22)5-6-16-12(18)3-4-13(16)19/h1-4,7,17H,5-6,8H2,(H,20,21). The normalized spacial score (nSPS) is 13.5. The van der Waals surface area contributed by atoms with E-state index in [4.69, 9.17) is 9.84 Å². The van der Waals surface area contributed by atoms with E-state index in [-0.39, 0.29) is 30.9 Å². The van der Waals surface area contributed by atoms with Gasteiger partial charge in [-0.3, -0.25) is 24.1 Å². The van der Waals surface area contributed by atoms with Crippen LogP contribution in [0, 0.1) is 0 Å². The van der Waals surface area contributed by atoms with Crippen molar-refractivity contribution in [3.05, 3.63) is 35.9 Å². The van der Waals surface area contributed by atoms with Crippen LogP contribution < -0.4 is 4.74 Å². The number of carbonyl (C=O) groups is 4. The molecule has 0 atom stereocenters. The topological polar surface area (TPSA) is 121 Å². The molecule has 8 nitrogen and oxygen atoms in total. The maximum atomic E-state index is 11.7. The van der Waals surface area contributed by atoms with E-state index in [2.05, 4.69) is 0 Å². The summed E-state index contributed by atoms with van der Waals surface area (Å²) in [5.41, 5.74) is 0.356. The number of hydrogen-bond donors (Lipinski definition) is 2. The zero-order chi connectivity index (χ0) is 17.0. The van der Waals surface area contributed by atoms with Gasteiger partial charge in [-0.25, -0.2) is 0 Å². The molecule has 0 saturated carbocycles. The molecule has 2 N–H and O–H groups in total. The smallest absolute Gasteiger partial charge is 0.313 e. The summed E-state index contributed by atoms with van der Waals surface area (Å²) in [5, 5.41) is 18.4. The summed E-state index contributed by atoms with van der Waals surface area (Å²) in [4.78, 5) is 45.8. The highest BCUT2D eigenvalue weighted by molar-refractivity contribution is 6.13. The summed E-state index contributed by atoms with van der Waals surface area (Å²) in [6.45, 7) is -0.124. The molecule has 1 aromatic rings. The Balaban J connectivity index is 1.91. The van der Waals surface area contributed by atoms with Crippen LogP contribution in [0.4, 0.5) is 0 Å². The minimum atomic E-state index is -1.05. The Morgan fingerprint density at radius 1 is 1.13 bits per heavy atom. The van der Waals surface area contributed by atoms with Crippen molar-refractivity contribution in [3.63, 3.8) is 0 Å². The summed E-state index contributed by atoms with van der Waals surface area (Å²) in [5.74, 6) is -3.28. The summed E-state index contributed by atoms with van der Waals surface area (Å²) >= 11 is 0. The Bertz CT molecular complexity index is 690. The molecule has 120 valence electrons. The zero-order valence-corrected chi connectivity index (χ0v) is 11.9. The van der Waals surface area contributed by atoms with Gasteiger partial charge < -0.3 is 14.9 Å². The van der Waals surface area contributed by atoms with Gasteiger partial charge in [0.2, 0.25) is 0 Å². The average Bonchev–Trinajstić information content (AvgIpc) is 2.78. The molecule has 0 spiro atoms. The zero-order valence-electron chi connectivity index (χ0n) is 11.9. The molecule has 1 heterocycles. The average molecular weight is 319 g/mol. The number of hydrogen-bond acceptors (Lipinski definition) is 6. The Morgan fingerprint density at radius 2 is 1.78 bits per heavy atom. The van der Waals surface area contributed by atoms with Gasteiger partial charge >= 0.3 is 11.9 Å². The first-order valence-corrected chi connectivity index (χ1v) is 6.64. The summed E-state index contributed by atoms with van der Waals surface area (Å²) in [6, 6.07) is 3.88. The molecule has 2 amide bonds. The van der Waals surface area contributed by atoms with Gasteiger partial charge in [-0.05, 0) is 17.7 Å². The maximum Gasteiger partial charge on any atom is 0.313 e. The SMILES string of the molecule is O=C(O)Cc1ccc(OC(=O)CCN2C(=O)C=CC2=O)c(O)c1. The van der Waals surface area contributed by atoms with Gasteiger partial charge in [-0.2, -0.15) is 0 Å². The van der Waals surface area contributed by atoms with Gasteiger partial charge in [0.15, 0.2) is 11.5 Å². The number of amides is 2. The van der Waals surface area contributed by atoms with E-state index in [1.807, 2.05) is 0 Å². The number of nitrogens with zero attached hydrogens (tertiary/aromatic N) is 1. The summed E-state index contributed by atoms with van der Waals surface area (Å²) in [7, 11) is 0. The van der Waals surface area contributed by atoms with E-state index >= 15 is 0 Å². The molecule has 0 aromatic heterocycles. The third-order valence-electron chi connectivity index (χ3n) is 3.04. The van der Waals surface area contributed by atoms with Crippen LogP contribution in [-0.2, 0) is 25.6 Å². The summed E-state index contributed by atoms with van der Waals surface area (Å²) < 4.78 is 4.93. The number of phenolic OH excluding ortho intramolecular Hbond substituents is 1. The molecule has 23 heavy (non-hydrogen) atoms. The molecule has 0 radical (unpaired) electrons. The van der Waals surface area contributed by atoms with Gasteiger partial charge in [0, 0.05) is 18.7 Å². The van der Waals surface area contributed by atoms with Crippen molar-refractivity contribution in [3.8, 4) is 11.5 Å². The number of carbonyl (C=O) groups excluding carboxylic acids is 3. The van der Waals surface area contributed by atoms with E-state index in [9.17, 15) is 24.3 Å². The van der Waals surface area contributed by atoms with Crippen LogP contribution in [0.3, 0.4) is 0 Å². The van der Waals surface area contributed by atoms with Gasteiger partial charge in [0.05, 0.1) is 12.8 Å².